The van der Waals surface area contributed by atoms with E-state index >= 15 is 0 Å². The van der Waals surface area contributed by atoms with Gasteiger partial charge in [0.1, 0.15) is 6.07 Å². The van der Waals surface area contributed by atoms with Gasteiger partial charge < -0.3 is 20.2 Å². The highest BCUT2D eigenvalue weighted by atomic mass is 16.3. The minimum Gasteiger partial charge on any atom is -0.472 e. The van der Waals surface area contributed by atoms with Crippen LogP contribution < -0.4 is 10.6 Å². The van der Waals surface area contributed by atoms with Gasteiger partial charge in [0, 0.05) is 12.1 Å². The van der Waals surface area contributed by atoms with Gasteiger partial charge in [0.05, 0.1) is 29.9 Å². The molecular weight excluding hydrogens is 286 g/mol. The molecule has 112 valence electrons. The predicted octanol–water partition coefficient (Wildman–Crippen LogP) is 0.940. The van der Waals surface area contributed by atoms with Crippen molar-refractivity contribution in [3.63, 3.8) is 0 Å². The van der Waals surface area contributed by atoms with Crippen LogP contribution in [0, 0.1) is 11.3 Å². The van der Waals surface area contributed by atoms with E-state index in [1.807, 2.05) is 6.07 Å². The van der Waals surface area contributed by atoms with Gasteiger partial charge in [-0.1, -0.05) is 12.1 Å². The molecule has 1 aromatic carbocycles. The number of rotatable bonds is 4. The summed E-state index contributed by atoms with van der Waals surface area (Å²) in [4.78, 5) is 23.4. The van der Waals surface area contributed by atoms with E-state index in [2.05, 4.69) is 10.6 Å². The number of anilines is 1. The van der Waals surface area contributed by atoms with Crippen LogP contribution in [0.4, 0.5) is 5.69 Å². The number of hydrogen-bond acceptors (Lipinski definition) is 5. The number of amides is 2. The van der Waals surface area contributed by atoms with Crippen LogP contribution in [-0.2, 0) is 9.59 Å². The van der Waals surface area contributed by atoms with Crippen LogP contribution in [0.1, 0.15) is 17.2 Å². The second-order valence-corrected chi connectivity index (χ2v) is 4.39. The summed E-state index contributed by atoms with van der Waals surface area (Å²) in [5.74, 6) is -1.82. The van der Waals surface area contributed by atoms with Crippen LogP contribution >= 0.6 is 0 Å². The maximum atomic E-state index is 11.7. The topological polar surface area (TPSA) is 115 Å². The Morgan fingerprint density at radius 3 is 2.73 bits per heavy atom. The van der Waals surface area contributed by atoms with Crippen molar-refractivity contribution in [2.45, 2.75) is 6.10 Å². The third-order valence-corrected chi connectivity index (χ3v) is 2.89. The molecule has 7 heteroatoms. The van der Waals surface area contributed by atoms with Crippen molar-refractivity contribution >= 4 is 17.5 Å². The van der Waals surface area contributed by atoms with Crippen LogP contribution in [0.5, 0.6) is 0 Å². The Morgan fingerprint density at radius 2 is 2.05 bits per heavy atom. The molecule has 1 atom stereocenters. The molecular formula is C15H13N3O4. The molecule has 0 radical (unpaired) electrons. The number of carbonyl (C=O) groups is 2. The maximum Gasteiger partial charge on any atom is 0.313 e. The molecule has 2 amide bonds. The van der Waals surface area contributed by atoms with Gasteiger partial charge in [-0.3, -0.25) is 9.59 Å². The third kappa shape index (κ3) is 3.71. The van der Waals surface area contributed by atoms with Crippen molar-refractivity contribution in [1.82, 2.24) is 5.32 Å². The van der Waals surface area contributed by atoms with Gasteiger partial charge in [-0.25, -0.2) is 0 Å². The highest BCUT2D eigenvalue weighted by Crippen LogP contribution is 2.13. The Morgan fingerprint density at radius 1 is 1.27 bits per heavy atom. The number of nitrogens with zero attached hydrogens (tertiary/aromatic N) is 1. The van der Waals surface area contributed by atoms with E-state index in [9.17, 15) is 14.7 Å². The fourth-order valence-electron chi connectivity index (χ4n) is 1.72. The summed E-state index contributed by atoms with van der Waals surface area (Å²) >= 11 is 0. The van der Waals surface area contributed by atoms with Crippen molar-refractivity contribution in [3.05, 3.63) is 54.0 Å². The smallest absolute Gasteiger partial charge is 0.313 e. The number of carbonyl (C=O) groups excluding carboxylic acids is 2. The number of aliphatic hydroxyl groups excluding tert-OH is 1. The minimum absolute atomic E-state index is 0.133. The van der Waals surface area contributed by atoms with Gasteiger partial charge in [0.15, 0.2) is 0 Å². The Hall–Kier alpha value is -3.11. The molecule has 7 nitrogen and oxygen atoms in total. The molecule has 1 aromatic heterocycles. The molecule has 0 unspecified atom stereocenters. The van der Waals surface area contributed by atoms with Crippen LogP contribution in [0.25, 0.3) is 0 Å². The molecule has 2 rings (SSSR count). The lowest BCUT2D eigenvalue weighted by Gasteiger charge is -2.10. The zero-order valence-electron chi connectivity index (χ0n) is 11.4. The predicted molar refractivity (Wildman–Crippen MR) is 76.5 cm³/mol. The van der Waals surface area contributed by atoms with Crippen molar-refractivity contribution < 1.29 is 19.1 Å². The van der Waals surface area contributed by atoms with Crippen LogP contribution in [0.3, 0.4) is 0 Å². The summed E-state index contributed by atoms with van der Waals surface area (Å²) in [5, 5.41) is 23.3. The molecule has 0 aliphatic heterocycles. The van der Waals surface area contributed by atoms with Gasteiger partial charge in [-0.05, 0) is 18.2 Å². The quantitative estimate of drug-likeness (QED) is 0.727. The van der Waals surface area contributed by atoms with Crippen molar-refractivity contribution in [3.8, 4) is 6.07 Å². The SMILES string of the molecule is N#Cc1ccccc1NC(=O)C(=O)NC[C@@H](O)c1ccoc1. The molecule has 0 spiro atoms. The van der Waals surface area contributed by atoms with Gasteiger partial charge in [-0.2, -0.15) is 5.26 Å². The van der Waals surface area contributed by atoms with Gasteiger partial charge >= 0.3 is 11.8 Å². The lowest BCUT2D eigenvalue weighted by atomic mass is 10.2. The van der Waals surface area contributed by atoms with E-state index in [1.54, 1.807) is 18.2 Å². The summed E-state index contributed by atoms with van der Waals surface area (Å²) < 4.78 is 4.81. The largest absolute Gasteiger partial charge is 0.472 e. The van der Waals surface area contributed by atoms with Crippen molar-refractivity contribution in [2.24, 2.45) is 0 Å². The first-order valence-corrected chi connectivity index (χ1v) is 6.40. The van der Waals surface area contributed by atoms with E-state index in [1.165, 1.54) is 24.7 Å². The molecule has 0 fully saturated rings. The Bertz CT molecular complexity index is 704. The molecule has 22 heavy (non-hydrogen) atoms. The molecule has 1 heterocycles. The number of nitrogens with one attached hydrogen (secondary N) is 2. The van der Waals surface area contributed by atoms with Gasteiger partial charge in [0.2, 0.25) is 0 Å². The fraction of sp³-hybridized carbons (Fsp3) is 0.133. The third-order valence-electron chi connectivity index (χ3n) is 2.89. The fourth-order valence-corrected chi connectivity index (χ4v) is 1.72. The highest BCUT2D eigenvalue weighted by molar-refractivity contribution is 6.39. The van der Waals surface area contributed by atoms with Crippen molar-refractivity contribution in [1.29, 1.82) is 5.26 Å². The zero-order chi connectivity index (χ0) is 15.9. The Kier molecular flexibility index (Phi) is 4.90. The standard InChI is InChI=1S/C15H13N3O4/c16-7-10-3-1-2-4-12(10)18-15(21)14(20)17-8-13(19)11-5-6-22-9-11/h1-6,9,13,19H,8H2,(H,17,20)(H,18,21)/t13-/m1/s1. The number of benzene rings is 1. The molecule has 3 N–H and O–H groups in total. The van der Waals surface area contributed by atoms with E-state index in [4.69, 9.17) is 9.68 Å². The number of para-hydroxylation sites is 1. The molecule has 0 saturated heterocycles. The molecule has 2 aromatic rings. The van der Waals surface area contributed by atoms with Crippen LogP contribution in [0.15, 0.2) is 47.3 Å². The first-order valence-electron chi connectivity index (χ1n) is 6.40. The van der Waals surface area contributed by atoms with Crippen molar-refractivity contribution in [2.75, 3.05) is 11.9 Å². The summed E-state index contributed by atoms with van der Waals surface area (Å²) in [5.41, 5.74) is 0.998. The van der Waals surface area contributed by atoms with Gasteiger partial charge in [-0.15, -0.1) is 0 Å². The Labute approximate surface area is 126 Å². The van der Waals surface area contributed by atoms with E-state index in [0.29, 0.717) is 5.56 Å². The Balaban J connectivity index is 1.90. The van der Waals surface area contributed by atoms with Crippen LogP contribution in [-0.4, -0.2) is 23.5 Å². The first kappa shape index (κ1) is 15.3. The van der Waals surface area contributed by atoms with E-state index < -0.39 is 17.9 Å². The first-order chi connectivity index (χ1) is 10.6. The average Bonchev–Trinajstić information content (AvgIpc) is 3.07. The number of nitriles is 1. The maximum absolute atomic E-state index is 11.7. The van der Waals surface area contributed by atoms with E-state index in [0.717, 1.165) is 0 Å². The second-order valence-electron chi connectivity index (χ2n) is 4.39. The summed E-state index contributed by atoms with van der Waals surface area (Å²) in [6.45, 7) is -0.133. The second kappa shape index (κ2) is 7.06. The van der Waals surface area contributed by atoms with Gasteiger partial charge in [0.25, 0.3) is 0 Å². The summed E-state index contributed by atoms with van der Waals surface area (Å²) in [7, 11) is 0. The average molecular weight is 299 g/mol. The number of aliphatic hydroxyl groups is 1. The zero-order valence-corrected chi connectivity index (χ0v) is 11.4. The lowest BCUT2D eigenvalue weighted by Crippen LogP contribution is -2.37. The lowest BCUT2D eigenvalue weighted by molar-refractivity contribution is -0.136. The summed E-state index contributed by atoms with van der Waals surface area (Å²) in [6, 6.07) is 9.79. The van der Waals surface area contributed by atoms with Crippen LogP contribution in [0.2, 0.25) is 0 Å². The number of furan rings is 1. The molecule has 0 saturated carbocycles. The highest BCUT2D eigenvalue weighted by Gasteiger charge is 2.17. The summed E-state index contributed by atoms with van der Waals surface area (Å²) in [6.07, 6.45) is 1.77. The molecule has 0 aliphatic rings. The normalized spacial score (nSPS) is 11.3. The molecule has 0 bridgehead atoms. The monoisotopic (exact) mass is 299 g/mol. The van der Waals surface area contributed by atoms with E-state index in [-0.39, 0.29) is 17.8 Å². The minimum atomic E-state index is -0.970. The number of hydrogen-bond donors (Lipinski definition) is 3. The molecule has 0 aliphatic carbocycles.